The molecule has 0 aliphatic carbocycles. The first kappa shape index (κ1) is 15.8. The number of fused-ring (bicyclic) bond motifs is 1. The SMILES string of the molecule is Fc1ccccc1/C=N/Nc1nc(-c2cccnc2)nc2ccccc12. The van der Waals surface area contributed by atoms with Crippen LogP contribution in [0, 0.1) is 5.82 Å². The number of nitrogens with zero attached hydrogens (tertiary/aromatic N) is 4. The highest BCUT2D eigenvalue weighted by molar-refractivity contribution is 5.91. The van der Waals surface area contributed by atoms with Gasteiger partial charge in [0.2, 0.25) is 0 Å². The summed E-state index contributed by atoms with van der Waals surface area (Å²) in [7, 11) is 0. The van der Waals surface area contributed by atoms with E-state index in [0.717, 1.165) is 16.5 Å². The number of aromatic nitrogens is 3. The Morgan fingerprint density at radius 2 is 1.77 bits per heavy atom. The molecule has 0 saturated carbocycles. The van der Waals surface area contributed by atoms with E-state index in [0.29, 0.717) is 17.2 Å². The van der Waals surface area contributed by atoms with Gasteiger partial charge in [0.25, 0.3) is 0 Å². The van der Waals surface area contributed by atoms with Crippen molar-refractivity contribution in [2.45, 2.75) is 0 Å². The van der Waals surface area contributed by atoms with E-state index in [1.807, 2.05) is 36.4 Å². The topological polar surface area (TPSA) is 63.1 Å². The number of halogens is 1. The molecular formula is C20H14FN5. The third kappa shape index (κ3) is 3.25. The molecule has 0 unspecified atom stereocenters. The van der Waals surface area contributed by atoms with Crippen molar-refractivity contribution >= 4 is 22.9 Å². The van der Waals surface area contributed by atoms with Gasteiger partial charge in [0.15, 0.2) is 11.6 Å². The van der Waals surface area contributed by atoms with Crippen LogP contribution in [0.1, 0.15) is 5.56 Å². The fourth-order valence-electron chi connectivity index (χ4n) is 2.53. The predicted molar refractivity (Wildman–Crippen MR) is 100 cm³/mol. The van der Waals surface area contributed by atoms with Crippen molar-refractivity contribution in [3.05, 3.63) is 84.4 Å². The molecule has 0 atom stereocenters. The summed E-state index contributed by atoms with van der Waals surface area (Å²) >= 11 is 0. The molecule has 6 heteroatoms. The standard InChI is InChI=1S/C20H14FN5/c21-17-9-3-1-6-14(17)13-23-26-20-16-8-2-4-10-18(16)24-19(25-20)15-7-5-11-22-12-15/h1-13H,(H,24,25,26)/b23-13+. The van der Waals surface area contributed by atoms with Gasteiger partial charge in [-0.3, -0.25) is 10.4 Å². The van der Waals surface area contributed by atoms with Crippen LogP contribution in [-0.4, -0.2) is 21.2 Å². The second-order valence-corrected chi connectivity index (χ2v) is 5.55. The fraction of sp³-hybridized carbons (Fsp3) is 0. The normalized spacial score (nSPS) is 11.1. The number of nitrogens with one attached hydrogen (secondary N) is 1. The van der Waals surface area contributed by atoms with Gasteiger partial charge in [-0.2, -0.15) is 5.10 Å². The Hall–Kier alpha value is -3.67. The van der Waals surface area contributed by atoms with Gasteiger partial charge in [-0.15, -0.1) is 0 Å². The van der Waals surface area contributed by atoms with Crippen LogP contribution in [0.15, 0.2) is 78.2 Å². The zero-order valence-corrected chi connectivity index (χ0v) is 13.7. The maximum absolute atomic E-state index is 13.7. The molecular weight excluding hydrogens is 329 g/mol. The summed E-state index contributed by atoms with van der Waals surface area (Å²) in [5.41, 5.74) is 4.89. The Labute approximate surface area is 149 Å². The highest BCUT2D eigenvalue weighted by Gasteiger charge is 2.09. The van der Waals surface area contributed by atoms with Crippen molar-refractivity contribution in [3.63, 3.8) is 0 Å². The van der Waals surface area contributed by atoms with E-state index in [9.17, 15) is 4.39 Å². The largest absolute Gasteiger partial charge is 0.264 e. The van der Waals surface area contributed by atoms with E-state index in [2.05, 4.69) is 25.5 Å². The van der Waals surface area contributed by atoms with Gasteiger partial charge in [-0.05, 0) is 30.3 Å². The minimum absolute atomic E-state index is 0.332. The molecule has 2 heterocycles. The molecule has 0 aliphatic rings. The molecule has 5 nitrogen and oxygen atoms in total. The predicted octanol–water partition coefficient (Wildman–Crippen LogP) is 4.28. The van der Waals surface area contributed by atoms with E-state index in [1.165, 1.54) is 12.3 Å². The molecule has 0 bridgehead atoms. The summed E-state index contributed by atoms with van der Waals surface area (Å²) < 4.78 is 13.7. The number of benzene rings is 2. The maximum Gasteiger partial charge on any atom is 0.163 e. The highest BCUT2D eigenvalue weighted by Crippen LogP contribution is 2.24. The summed E-state index contributed by atoms with van der Waals surface area (Å²) in [4.78, 5) is 13.2. The average Bonchev–Trinajstić information content (AvgIpc) is 2.70. The van der Waals surface area contributed by atoms with Crippen LogP contribution in [0.3, 0.4) is 0 Å². The number of anilines is 1. The minimum atomic E-state index is -0.332. The second-order valence-electron chi connectivity index (χ2n) is 5.55. The molecule has 0 aliphatic heterocycles. The molecule has 1 N–H and O–H groups in total. The van der Waals surface area contributed by atoms with Crippen LogP contribution in [0.2, 0.25) is 0 Å². The third-order valence-corrected chi connectivity index (χ3v) is 3.80. The monoisotopic (exact) mass is 343 g/mol. The van der Waals surface area contributed by atoms with Gasteiger partial charge in [-0.1, -0.05) is 30.3 Å². The first-order valence-electron chi connectivity index (χ1n) is 8.02. The quantitative estimate of drug-likeness (QED) is 0.444. The Morgan fingerprint density at radius 1 is 0.923 bits per heavy atom. The Bertz CT molecular complexity index is 1080. The Morgan fingerprint density at radius 3 is 2.62 bits per heavy atom. The summed E-state index contributed by atoms with van der Waals surface area (Å²) in [6.07, 6.45) is 4.83. The second kappa shape index (κ2) is 7.06. The molecule has 2 aromatic heterocycles. The lowest BCUT2D eigenvalue weighted by Crippen LogP contribution is -2.00. The van der Waals surface area contributed by atoms with Gasteiger partial charge < -0.3 is 0 Å². The van der Waals surface area contributed by atoms with Gasteiger partial charge in [0.1, 0.15) is 5.82 Å². The first-order valence-corrected chi connectivity index (χ1v) is 8.02. The number of hydrogen-bond acceptors (Lipinski definition) is 5. The summed E-state index contributed by atoms with van der Waals surface area (Å²) in [6, 6.07) is 17.8. The smallest absolute Gasteiger partial charge is 0.163 e. The minimum Gasteiger partial charge on any atom is -0.264 e. The average molecular weight is 343 g/mol. The number of hydrazone groups is 1. The lowest BCUT2D eigenvalue weighted by atomic mass is 10.2. The zero-order chi connectivity index (χ0) is 17.8. The van der Waals surface area contributed by atoms with Crippen molar-refractivity contribution in [3.8, 4) is 11.4 Å². The van der Waals surface area contributed by atoms with Gasteiger partial charge in [0, 0.05) is 28.9 Å². The molecule has 26 heavy (non-hydrogen) atoms. The molecule has 4 aromatic rings. The van der Waals surface area contributed by atoms with Gasteiger partial charge >= 0.3 is 0 Å². The summed E-state index contributed by atoms with van der Waals surface area (Å²) in [5, 5.41) is 4.96. The molecule has 4 rings (SSSR count). The molecule has 2 aromatic carbocycles. The summed E-state index contributed by atoms with van der Waals surface area (Å²) in [5.74, 6) is 0.754. The number of pyridine rings is 1. The highest BCUT2D eigenvalue weighted by atomic mass is 19.1. The van der Waals surface area contributed by atoms with E-state index < -0.39 is 0 Å². The van der Waals surface area contributed by atoms with Crippen LogP contribution in [-0.2, 0) is 0 Å². The lowest BCUT2D eigenvalue weighted by molar-refractivity contribution is 0.626. The third-order valence-electron chi connectivity index (χ3n) is 3.80. The van der Waals surface area contributed by atoms with Crippen molar-refractivity contribution in [2.75, 3.05) is 5.43 Å². The zero-order valence-electron chi connectivity index (χ0n) is 13.7. The van der Waals surface area contributed by atoms with Crippen LogP contribution in [0.4, 0.5) is 10.2 Å². The molecule has 126 valence electrons. The molecule has 0 spiro atoms. The number of hydrogen-bond donors (Lipinski definition) is 1. The Kier molecular flexibility index (Phi) is 4.30. The van der Waals surface area contributed by atoms with E-state index in [1.54, 1.807) is 30.6 Å². The molecule has 0 amide bonds. The van der Waals surface area contributed by atoms with Crippen LogP contribution >= 0.6 is 0 Å². The van der Waals surface area contributed by atoms with Crippen molar-refractivity contribution in [1.82, 2.24) is 15.0 Å². The van der Waals surface area contributed by atoms with E-state index in [-0.39, 0.29) is 5.82 Å². The van der Waals surface area contributed by atoms with Crippen LogP contribution < -0.4 is 5.43 Å². The summed E-state index contributed by atoms with van der Waals surface area (Å²) in [6.45, 7) is 0. The molecule has 0 fully saturated rings. The van der Waals surface area contributed by atoms with Crippen molar-refractivity contribution in [2.24, 2.45) is 5.10 Å². The van der Waals surface area contributed by atoms with Gasteiger partial charge in [-0.25, -0.2) is 14.4 Å². The van der Waals surface area contributed by atoms with Crippen molar-refractivity contribution < 1.29 is 4.39 Å². The molecule has 0 radical (unpaired) electrons. The number of para-hydroxylation sites is 1. The van der Waals surface area contributed by atoms with E-state index in [4.69, 9.17) is 0 Å². The first-order chi connectivity index (χ1) is 12.8. The van der Waals surface area contributed by atoms with Crippen molar-refractivity contribution in [1.29, 1.82) is 0 Å². The Balaban J connectivity index is 1.73. The van der Waals surface area contributed by atoms with E-state index >= 15 is 0 Å². The molecule has 0 saturated heterocycles. The van der Waals surface area contributed by atoms with Crippen LogP contribution in [0.25, 0.3) is 22.3 Å². The fourth-order valence-corrected chi connectivity index (χ4v) is 2.53. The maximum atomic E-state index is 13.7. The van der Waals surface area contributed by atoms with Crippen LogP contribution in [0.5, 0.6) is 0 Å². The van der Waals surface area contributed by atoms with Gasteiger partial charge in [0.05, 0.1) is 11.7 Å². The number of rotatable bonds is 4. The lowest BCUT2D eigenvalue weighted by Gasteiger charge is -2.08.